The molecule has 0 spiro atoms. The van der Waals surface area contributed by atoms with Gasteiger partial charge in [-0.25, -0.2) is 0 Å². The molecular weight excluding hydrogens is 326 g/mol. The van der Waals surface area contributed by atoms with Gasteiger partial charge in [0.15, 0.2) is 6.61 Å². The zero-order valence-electron chi connectivity index (χ0n) is 13.5. The van der Waals surface area contributed by atoms with Crippen LogP contribution in [0.4, 0.5) is 0 Å². The van der Waals surface area contributed by atoms with Crippen molar-refractivity contribution in [1.82, 2.24) is 5.32 Å². The van der Waals surface area contributed by atoms with Crippen molar-refractivity contribution < 1.29 is 14.3 Å². The fourth-order valence-electron chi connectivity index (χ4n) is 2.32. The van der Waals surface area contributed by atoms with Crippen LogP contribution in [0.1, 0.15) is 30.4 Å². The smallest absolute Gasteiger partial charge is 0.313 e. The van der Waals surface area contributed by atoms with Crippen molar-refractivity contribution in [3.8, 4) is 0 Å². The summed E-state index contributed by atoms with van der Waals surface area (Å²) >= 11 is 5.81. The van der Waals surface area contributed by atoms with Crippen LogP contribution in [0.15, 0.2) is 54.6 Å². The van der Waals surface area contributed by atoms with Gasteiger partial charge in [-0.2, -0.15) is 0 Å². The molecule has 0 aliphatic carbocycles. The van der Waals surface area contributed by atoms with Crippen molar-refractivity contribution in [2.75, 3.05) is 6.61 Å². The SMILES string of the molecule is CC[C@@H](C(=O)OCC(=O)NCc1ccc(Cl)cc1)c1ccccc1. The number of carbonyl (C=O) groups is 2. The Morgan fingerprint density at radius 3 is 2.38 bits per heavy atom. The molecule has 1 atom stereocenters. The van der Waals surface area contributed by atoms with Gasteiger partial charge in [-0.05, 0) is 29.7 Å². The van der Waals surface area contributed by atoms with Crippen LogP contribution in [0.25, 0.3) is 0 Å². The Balaban J connectivity index is 1.80. The Bertz CT molecular complexity index is 671. The van der Waals surface area contributed by atoms with Crippen LogP contribution in [0, 0.1) is 0 Å². The van der Waals surface area contributed by atoms with Crippen molar-refractivity contribution in [3.05, 3.63) is 70.7 Å². The molecule has 2 aromatic rings. The maximum atomic E-state index is 12.2. The van der Waals surface area contributed by atoms with Crippen LogP contribution < -0.4 is 5.32 Å². The Morgan fingerprint density at radius 1 is 1.08 bits per heavy atom. The van der Waals surface area contributed by atoms with Crippen LogP contribution in [0.5, 0.6) is 0 Å². The zero-order chi connectivity index (χ0) is 17.4. The van der Waals surface area contributed by atoms with Gasteiger partial charge in [-0.1, -0.05) is 61.0 Å². The van der Waals surface area contributed by atoms with E-state index in [4.69, 9.17) is 16.3 Å². The molecular formula is C19H20ClNO3. The summed E-state index contributed by atoms with van der Waals surface area (Å²) in [7, 11) is 0. The molecule has 0 radical (unpaired) electrons. The summed E-state index contributed by atoms with van der Waals surface area (Å²) < 4.78 is 5.15. The number of nitrogens with one attached hydrogen (secondary N) is 1. The number of esters is 1. The lowest BCUT2D eigenvalue weighted by Gasteiger charge is -2.14. The first-order valence-corrected chi connectivity index (χ1v) is 8.20. The van der Waals surface area contributed by atoms with E-state index in [1.165, 1.54) is 0 Å². The third-order valence-electron chi connectivity index (χ3n) is 3.64. The molecule has 4 nitrogen and oxygen atoms in total. The van der Waals surface area contributed by atoms with E-state index < -0.39 is 0 Å². The lowest BCUT2D eigenvalue weighted by molar-refractivity contribution is -0.150. The molecule has 1 amide bonds. The minimum absolute atomic E-state index is 0.282. The number of rotatable bonds is 7. The second kappa shape index (κ2) is 9.08. The highest BCUT2D eigenvalue weighted by Crippen LogP contribution is 2.20. The molecule has 0 fully saturated rings. The molecule has 0 aliphatic rings. The van der Waals surface area contributed by atoms with E-state index in [0.717, 1.165) is 11.1 Å². The number of halogens is 1. The molecule has 0 bridgehead atoms. The van der Waals surface area contributed by atoms with Crippen molar-refractivity contribution in [2.24, 2.45) is 0 Å². The zero-order valence-corrected chi connectivity index (χ0v) is 14.3. The molecule has 0 heterocycles. The van der Waals surface area contributed by atoms with Crippen LogP contribution in [-0.2, 0) is 20.9 Å². The number of carbonyl (C=O) groups excluding carboxylic acids is 2. The second-order valence-corrected chi connectivity index (χ2v) is 5.82. The summed E-state index contributed by atoms with van der Waals surface area (Å²) in [4.78, 5) is 24.0. The number of benzene rings is 2. The molecule has 0 saturated carbocycles. The largest absolute Gasteiger partial charge is 0.455 e. The van der Waals surface area contributed by atoms with Gasteiger partial charge in [-0.3, -0.25) is 9.59 Å². The standard InChI is InChI=1S/C19H20ClNO3/c1-2-17(15-6-4-3-5-7-15)19(23)24-13-18(22)21-12-14-8-10-16(20)11-9-14/h3-11,17H,2,12-13H2,1H3,(H,21,22)/t17-/m1/s1. The van der Waals surface area contributed by atoms with Gasteiger partial charge < -0.3 is 10.1 Å². The van der Waals surface area contributed by atoms with Gasteiger partial charge in [0, 0.05) is 11.6 Å². The number of amides is 1. The van der Waals surface area contributed by atoms with Crippen molar-refractivity contribution in [3.63, 3.8) is 0 Å². The lowest BCUT2D eigenvalue weighted by Crippen LogP contribution is -2.29. The number of hydrogen-bond donors (Lipinski definition) is 1. The van der Waals surface area contributed by atoms with E-state index >= 15 is 0 Å². The molecule has 24 heavy (non-hydrogen) atoms. The van der Waals surface area contributed by atoms with Crippen LogP contribution in [0.3, 0.4) is 0 Å². The highest BCUT2D eigenvalue weighted by atomic mass is 35.5. The number of ether oxygens (including phenoxy) is 1. The van der Waals surface area contributed by atoms with E-state index in [1.54, 1.807) is 12.1 Å². The first kappa shape index (κ1) is 18.0. The van der Waals surface area contributed by atoms with Gasteiger partial charge in [0.25, 0.3) is 5.91 Å². The summed E-state index contributed by atoms with van der Waals surface area (Å²) in [5, 5.41) is 3.36. The molecule has 0 saturated heterocycles. The molecule has 126 valence electrons. The fourth-order valence-corrected chi connectivity index (χ4v) is 2.44. The van der Waals surface area contributed by atoms with Gasteiger partial charge in [0.05, 0.1) is 5.92 Å². The van der Waals surface area contributed by atoms with E-state index in [1.807, 2.05) is 49.4 Å². The maximum absolute atomic E-state index is 12.2. The molecule has 1 N–H and O–H groups in total. The maximum Gasteiger partial charge on any atom is 0.313 e. The average molecular weight is 346 g/mol. The Labute approximate surface area is 146 Å². The third-order valence-corrected chi connectivity index (χ3v) is 3.90. The van der Waals surface area contributed by atoms with Crippen LogP contribution in [0.2, 0.25) is 5.02 Å². The monoisotopic (exact) mass is 345 g/mol. The Kier molecular flexibility index (Phi) is 6.82. The molecule has 2 aromatic carbocycles. The van der Waals surface area contributed by atoms with Gasteiger partial charge in [0.1, 0.15) is 0 Å². The summed E-state index contributed by atoms with van der Waals surface area (Å²) in [5.74, 6) is -1.07. The molecule has 0 unspecified atom stereocenters. The molecule has 0 aromatic heterocycles. The second-order valence-electron chi connectivity index (χ2n) is 5.38. The van der Waals surface area contributed by atoms with Gasteiger partial charge >= 0.3 is 5.97 Å². The van der Waals surface area contributed by atoms with E-state index in [9.17, 15) is 9.59 Å². The summed E-state index contributed by atoms with van der Waals surface area (Å²) in [5.41, 5.74) is 1.82. The van der Waals surface area contributed by atoms with Crippen LogP contribution in [-0.4, -0.2) is 18.5 Å². The van der Waals surface area contributed by atoms with Crippen LogP contribution >= 0.6 is 11.6 Å². The van der Waals surface area contributed by atoms with E-state index in [-0.39, 0.29) is 24.4 Å². The average Bonchev–Trinajstić information content (AvgIpc) is 2.61. The summed E-state index contributed by atoms with van der Waals surface area (Å²) in [6.07, 6.45) is 0.620. The first-order valence-electron chi connectivity index (χ1n) is 7.83. The predicted octanol–water partition coefficient (Wildman–Crippen LogP) is 3.69. The van der Waals surface area contributed by atoms with Crippen molar-refractivity contribution >= 4 is 23.5 Å². The summed E-state index contributed by atoms with van der Waals surface area (Å²) in [6, 6.07) is 16.6. The Morgan fingerprint density at radius 2 is 1.75 bits per heavy atom. The summed E-state index contributed by atoms with van der Waals surface area (Å²) in [6.45, 7) is 2.00. The molecule has 2 rings (SSSR count). The van der Waals surface area contributed by atoms with Gasteiger partial charge in [-0.15, -0.1) is 0 Å². The molecule has 5 heteroatoms. The highest BCUT2D eigenvalue weighted by molar-refractivity contribution is 6.30. The van der Waals surface area contributed by atoms with Crippen molar-refractivity contribution in [2.45, 2.75) is 25.8 Å². The first-order chi connectivity index (χ1) is 11.6. The van der Waals surface area contributed by atoms with Crippen molar-refractivity contribution in [1.29, 1.82) is 0 Å². The quantitative estimate of drug-likeness (QED) is 0.778. The van der Waals surface area contributed by atoms with Gasteiger partial charge in [0.2, 0.25) is 0 Å². The normalized spacial score (nSPS) is 11.6. The highest BCUT2D eigenvalue weighted by Gasteiger charge is 2.20. The topological polar surface area (TPSA) is 55.4 Å². The predicted molar refractivity (Wildman–Crippen MR) is 93.7 cm³/mol. The molecule has 0 aliphatic heterocycles. The van der Waals surface area contributed by atoms with E-state index in [0.29, 0.717) is 18.0 Å². The Hall–Kier alpha value is -2.33. The minimum Gasteiger partial charge on any atom is -0.455 e. The minimum atomic E-state index is -0.384. The lowest BCUT2D eigenvalue weighted by atomic mass is 9.97. The third kappa shape index (κ3) is 5.39. The van der Waals surface area contributed by atoms with E-state index in [2.05, 4.69) is 5.32 Å². The fraction of sp³-hybridized carbons (Fsp3) is 0.263. The number of hydrogen-bond acceptors (Lipinski definition) is 3.